The van der Waals surface area contributed by atoms with Gasteiger partial charge in [0.15, 0.2) is 0 Å². The van der Waals surface area contributed by atoms with E-state index in [0.29, 0.717) is 11.3 Å². The summed E-state index contributed by atoms with van der Waals surface area (Å²) in [4.78, 5) is 14.0. The first-order valence-corrected chi connectivity index (χ1v) is 6.04. The average Bonchev–Trinajstić information content (AvgIpc) is 2.32. The number of nitrogens with zero attached hydrogens (tertiary/aromatic N) is 1. The molecule has 0 saturated carbocycles. The topological polar surface area (TPSA) is 32.3 Å². The Labute approximate surface area is 99.6 Å². The average molecular weight is 234 g/mol. The van der Waals surface area contributed by atoms with E-state index < -0.39 is 0 Å². The van der Waals surface area contributed by atoms with Gasteiger partial charge in [-0.05, 0) is 43.9 Å². The van der Waals surface area contributed by atoms with E-state index in [4.69, 9.17) is 0 Å². The van der Waals surface area contributed by atoms with Crippen molar-refractivity contribution in [2.45, 2.75) is 32.2 Å². The molecule has 0 bridgehead atoms. The van der Waals surface area contributed by atoms with Gasteiger partial charge in [-0.1, -0.05) is 0 Å². The molecule has 2 aliphatic rings. The van der Waals surface area contributed by atoms with Crippen LogP contribution in [-0.4, -0.2) is 18.5 Å². The highest BCUT2D eigenvalue weighted by Crippen LogP contribution is 2.37. The van der Waals surface area contributed by atoms with Crippen molar-refractivity contribution in [1.82, 2.24) is 0 Å². The molecular formula is C13H15FN2O. The maximum atomic E-state index is 13.5. The van der Waals surface area contributed by atoms with E-state index in [1.807, 2.05) is 6.07 Å². The summed E-state index contributed by atoms with van der Waals surface area (Å²) in [7, 11) is 0. The number of nitrogens with one attached hydrogen (secondary N) is 1. The molecule has 1 N–H and O–H groups in total. The Morgan fingerprint density at radius 2 is 2.24 bits per heavy atom. The predicted octanol–water partition coefficient (Wildman–Crippen LogP) is 2.45. The summed E-state index contributed by atoms with van der Waals surface area (Å²) in [5.41, 5.74) is 2.20. The molecule has 3 nitrogen and oxygen atoms in total. The molecule has 0 aromatic heterocycles. The third-order valence-corrected chi connectivity index (χ3v) is 3.65. The Kier molecular flexibility index (Phi) is 2.31. The van der Waals surface area contributed by atoms with Crippen LogP contribution >= 0.6 is 0 Å². The van der Waals surface area contributed by atoms with Crippen LogP contribution in [0.15, 0.2) is 12.1 Å². The molecule has 1 atom stereocenters. The van der Waals surface area contributed by atoms with Crippen molar-refractivity contribution < 1.29 is 9.18 Å². The van der Waals surface area contributed by atoms with Crippen molar-refractivity contribution in [3.05, 3.63) is 23.5 Å². The molecule has 1 saturated heterocycles. The summed E-state index contributed by atoms with van der Waals surface area (Å²) >= 11 is 0. The number of piperidine rings is 1. The van der Waals surface area contributed by atoms with E-state index in [-0.39, 0.29) is 17.8 Å². The number of carbonyl (C=O) groups excluding carboxylic acids is 1. The van der Waals surface area contributed by atoms with Crippen LogP contribution < -0.4 is 10.2 Å². The SMILES string of the molecule is Cc1cc2c(cc1F)NC(=O)C1CCCCN21. The first-order chi connectivity index (χ1) is 8.16. The predicted molar refractivity (Wildman–Crippen MR) is 64.8 cm³/mol. The van der Waals surface area contributed by atoms with Crippen molar-refractivity contribution in [2.24, 2.45) is 0 Å². The molecule has 0 spiro atoms. The number of fused-ring (bicyclic) bond motifs is 3. The fraction of sp³-hybridized carbons (Fsp3) is 0.462. The molecule has 1 unspecified atom stereocenters. The minimum atomic E-state index is -0.264. The summed E-state index contributed by atoms with van der Waals surface area (Å²) in [6.45, 7) is 2.64. The van der Waals surface area contributed by atoms with Gasteiger partial charge in [0.25, 0.3) is 0 Å². The second-order valence-electron chi connectivity index (χ2n) is 4.81. The highest BCUT2D eigenvalue weighted by molar-refractivity contribution is 6.03. The van der Waals surface area contributed by atoms with E-state index in [9.17, 15) is 9.18 Å². The van der Waals surface area contributed by atoms with Crippen molar-refractivity contribution in [3.63, 3.8) is 0 Å². The van der Waals surface area contributed by atoms with Crippen molar-refractivity contribution in [3.8, 4) is 0 Å². The van der Waals surface area contributed by atoms with Gasteiger partial charge in [0.1, 0.15) is 11.9 Å². The van der Waals surface area contributed by atoms with Crippen LogP contribution in [0.1, 0.15) is 24.8 Å². The van der Waals surface area contributed by atoms with E-state index in [2.05, 4.69) is 10.2 Å². The Bertz CT molecular complexity index is 487. The second-order valence-corrected chi connectivity index (χ2v) is 4.81. The highest BCUT2D eigenvalue weighted by Gasteiger charge is 2.34. The molecule has 2 heterocycles. The van der Waals surface area contributed by atoms with Gasteiger partial charge in [-0.3, -0.25) is 4.79 Å². The lowest BCUT2D eigenvalue weighted by molar-refractivity contribution is -0.118. The largest absolute Gasteiger partial charge is 0.358 e. The van der Waals surface area contributed by atoms with E-state index >= 15 is 0 Å². The maximum Gasteiger partial charge on any atom is 0.247 e. The van der Waals surface area contributed by atoms with Crippen LogP contribution in [0.5, 0.6) is 0 Å². The molecule has 2 aliphatic heterocycles. The molecule has 1 aromatic carbocycles. The van der Waals surface area contributed by atoms with Gasteiger partial charge >= 0.3 is 0 Å². The fourth-order valence-electron chi connectivity index (χ4n) is 2.71. The quantitative estimate of drug-likeness (QED) is 0.747. The van der Waals surface area contributed by atoms with Crippen LogP contribution in [-0.2, 0) is 4.79 Å². The Balaban J connectivity index is 2.10. The third-order valence-electron chi connectivity index (χ3n) is 3.65. The van der Waals surface area contributed by atoms with Gasteiger partial charge in [-0.2, -0.15) is 0 Å². The lowest BCUT2D eigenvalue weighted by Gasteiger charge is -2.41. The normalized spacial score (nSPS) is 22.8. The van der Waals surface area contributed by atoms with Gasteiger partial charge in [0.05, 0.1) is 11.4 Å². The zero-order valence-corrected chi connectivity index (χ0v) is 9.79. The minimum absolute atomic E-state index is 0.000420. The third kappa shape index (κ3) is 1.59. The van der Waals surface area contributed by atoms with E-state index in [0.717, 1.165) is 31.5 Å². The van der Waals surface area contributed by atoms with Gasteiger partial charge in [0, 0.05) is 6.54 Å². The maximum absolute atomic E-state index is 13.5. The fourth-order valence-corrected chi connectivity index (χ4v) is 2.71. The van der Waals surface area contributed by atoms with Crippen molar-refractivity contribution >= 4 is 17.3 Å². The van der Waals surface area contributed by atoms with Gasteiger partial charge < -0.3 is 10.2 Å². The summed E-state index contributed by atoms with van der Waals surface area (Å²) in [6.07, 6.45) is 3.07. The number of aryl methyl sites for hydroxylation is 1. The number of halogens is 1. The van der Waals surface area contributed by atoms with Crippen LogP contribution in [0.4, 0.5) is 15.8 Å². The lowest BCUT2D eigenvalue weighted by Crippen LogP contribution is -2.50. The monoisotopic (exact) mass is 234 g/mol. The molecule has 17 heavy (non-hydrogen) atoms. The number of hydrogen-bond donors (Lipinski definition) is 1. The molecule has 1 amide bonds. The number of carbonyl (C=O) groups is 1. The number of rotatable bonds is 0. The number of benzene rings is 1. The highest BCUT2D eigenvalue weighted by atomic mass is 19.1. The van der Waals surface area contributed by atoms with Gasteiger partial charge in [-0.25, -0.2) is 4.39 Å². The van der Waals surface area contributed by atoms with E-state index in [1.54, 1.807) is 6.92 Å². The zero-order valence-electron chi connectivity index (χ0n) is 9.79. The van der Waals surface area contributed by atoms with Crippen LogP contribution in [0.3, 0.4) is 0 Å². The lowest BCUT2D eigenvalue weighted by atomic mass is 9.97. The molecule has 1 aromatic rings. The Hall–Kier alpha value is -1.58. The van der Waals surface area contributed by atoms with Crippen molar-refractivity contribution in [1.29, 1.82) is 0 Å². The summed E-state index contributed by atoms with van der Waals surface area (Å²) in [5, 5.41) is 2.81. The first-order valence-electron chi connectivity index (χ1n) is 6.04. The second kappa shape index (κ2) is 3.72. The molecule has 3 rings (SSSR count). The van der Waals surface area contributed by atoms with Crippen LogP contribution in [0.25, 0.3) is 0 Å². The van der Waals surface area contributed by atoms with Crippen molar-refractivity contribution in [2.75, 3.05) is 16.8 Å². The Morgan fingerprint density at radius 1 is 1.41 bits per heavy atom. The number of anilines is 2. The molecule has 0 aliphatic carbocycles. The number of amides is 1. The smallest absolute Gasteiger partial charge is 0.247 e. The molecular weight excluding hydrogens is 219 g/mol. The first kappa shape index (κ1) is 10.6. The van der Waals surface area contributed by atoms with Crippen LogP contribution in [0, 0.1) is 12.7 Å². The summed E-state index contributed by atoms with van der Waals surface area (Å²) in [6, 6.07) is 3.19. The molecule has 0 radical (unpaired) electrons. The summed E-state index contributed by atoms with van der Waals surface area (Å²) < 4.78 is 13.5. The van der Waals surface area contributed by atoms with E-state index in [1.165, 1.54) is 6.07 Å². The standard InChI is InChI=1S/C13H15FN2O/c1-8-6-12-10(7-9(8)14)15-13(17)11-4-2-3-5-16(11)12/h6-7,11H,2-5H2,1H3,(H,15,17). The Morgan fingerprint density at radius 3 is 3.06 bits per heavy atom. The van der Waals surface area contributed by atoms with Gasteiger partial charge in [0.2, 0.25) is 5.91 Å². The van der Waals surface area contributed by atoms with Gasteiger partial charge in [-0.15, -0.1) is 0 Å². The zero-order chi connectivity index (χ0) is 12.0. The van der Waals surface area contributed by atoms with Crippen LogP contribution in [0.2, 0.25) is 0 Å². The summed E-state index contributed by atoms with van der Waals surface area (Å²) in [5.74, 6) is -0.264. The molecule has 90 valence electrons. The molecule has 1 fully saturated rings. The molecule has 4 heteroatoms. The minimum Gasteiger partial charge on any atom is -0.358 e. The number of hydrogen-bond acceptors (Lipinski definition) is 2.